The molecule has 0 saturated carbocycles. The van der Waals surface area contributed by atoms with Crippen LogP contribution in [-0.2, 0) is 0 Å². The highest BCUT2D eigenvalue weighted by Crippen LogP contribution is 2.33. The lowest BCUT2D eigenvalue weighted by Crippen LogP contribution is -2.18. The van der Waals surface area contributed by atoms with Gasteiger partial charge in [-0.15, -0.1) is 0 Å². The van der Waals surface area contributed by atoms with Gasteiger partial charge in [-0.25, -0.2) is 0 Å². The van der Waals surface area contributed by atoms with Gasteiger partial charge in [-0.1, -0.05) is 0 Å². The van der Waals surface area contributed by atoms with E-state index in [1.807, 2.05) is 6.92 Å². The maximum Gasteiger partial charge on any atom is 0.256 e. The number of nitrogens with one attached hydrogen (secondary N) is 1. The molecule has 0 saturated heterocycles. The van der Waals surface area contributed by atoms with Crippen molar-refractivity contribution in [1.82, 2.24) is 0 Å². The Morgan fingerprint density at radius 1 is 1.04 bits per heavy atom. The first kappa shape index (κ1) is 14.9. The van der Waals surface area contributed by atoms with Crippen LogP contribution in [0.3, 0.4) is 0 Å². The molecule has 2 aromatic rings. The fraction of sp³-hybridized carbons (Fsp3) is 0.176. The fourth-order valence-electron chi connectivity index (χ4n) is 2.35. The van der Waals surface area contributed by atoms with Crippen LogP contribution in [0.4, 0.5) is 5.69 Å². The van der Waals surface area contributed by atoms with Crippen molar-refractivity contribution in [3.63, 3.8) is 0 Å². The number of nitrogens with two attached hydrogens (primary N) is 1. The molecule has 0 spiro atoms. The van der Waals surface area contributed by atoms with Gasteiger partial charge in [0.1, 0.15) is 13.2 Å². The number of anilines is 1. The lowest BCUT2D eigenvalue weighted by molar-refractivity contribution is 0.0998. The summed E-state index contributed by atoms with van der Waals surface area (Å²) >= 11 is 0. The molecule has 6 heteroatoms. The molecule has 3 N–H and O–H groups in total. The van der Waals surface area contributed by atoms with Crippen LogP contribution in [0.5, 0.6) is 11.5 Å². The number of fused-ring (bicyclic) bond motifs is 1. The zero-order valence-electron chi connectivity index (χ0n) is 12.6. The molecular formula is C17H16N2O4. The van der Waals surface area contributed by atoms with Gasteiger partial charge in [-0.3, -0.25) is 9.59 Å². The number of amides is 2. The van der Waals surface area contributed by atoms with Crippen molar-refractivity contribution < 1.29 is 19.1 Å². The van der Waals surface area contributed by atoms with Crippen molar-refractivity contribution in [3.8, 4) is 11.5 Å². The normalized spacial score (nSPS) is 12.6. The Labute approximate surface area is 133 Å². The van der Waals surface area contributed by atoms with E-state index in [0.717, 1.165) is 5.56 Å². The van der Waals surface area contributed by atoms with Gasteiger partial charge < -0.3 is 20.5 Å². The van der Waals surface area contributed by atoms with Gasteiger partial charge in [-0.05, 0) is 48.9 Å². The molecule has 118 valence electrons. The zero-order valence-corrected chi connectivity index (χ0v) is 12.6. The second kappa shape index (κ2) is 6.00. The quantitative estimate of drug-likeness (QED) is 0.908. The number of primary amides is 1. The van der Waals surface area contributed by atoms with E-state index in [9.17, 15) is 9.59 Å². The number of hydrogen-bond acceptors (Lipinski definition) is 4. The van der Waals surface area contributed by atoms with Crippen molar-refractivity contribution in [3.05, 3.63) is 53.1 Å². The standard InChI is InChI=1S/C17H16N2O4/c1-10-8-14-15(23-7-6-22-14)9-13(10)17(21)19-12-4-2-11(3-5-12)16(18)20/h2-5,8-9H,6-7H2,1H3,(H2,18,20)(H,19,21). The van der Waals surface area contributed by atoms with Gasteiger partial charge in [0.15, 0.2) is 11.5 Å². The average molecular weight is 312 g/mol. The number of rotatable bonds is 3. The number of hydrogen-bond donors (Lipinski definition) is 2. The van der Waals surface area contributed by atoms with Gasteiger partial charge in [0.05, 0.1) is 0 Å². The molecule has 2 aromatic carbocycles. The van der Waals surface area contributed by atoms with Crippen LogP contribution in [0.15, 0.2) is 36.4 Å². The predicted molar refractivity (Wildman–Crippen MR) is 85.1 cm³/mol. The summed E-state index contributed by atoms with van der Waals surface area (Å²) in [6.45, 7) is 2.80. The molecule has 0 aliphatic carbocycles. The maximum atomic E-state index is 12.4. The molecule has 0 radical (unpaired) electrons. The van der Waals surface area contributed by atoms with E-state index in [4.69, 9.17) is 15.2 Å². The molecule has 0 atom stereocenters. The van der Waals surface area contributed by atoms with E-state index in [1.165, 1.54) is 0 Å². The van der Waals surface area contributed by atoms with E-state index >= 15 is 0 Å². The van der Waals surface area contributed by atoms with Crippen LogP contribution in [-0.4, -0.2) is 25.0 Å². The van der Waals surface area contributed by atoms with Gasteiger partial charge in [0.25, 0.3) is 5.91 Å². The van der Waals surface area contributed by atoms with Crippen LogP contribution >= 0.6 is 0 Å². The topological polar surface area (TPSA) is 90.7 Å². The van der Waals surface area contributed by atoms with Crippen molar-refractivity contribution >= 4 is 17.5 Å². The summed E-state index contributed by atoms with van der Waals surface area (Å²) < 4.78 is 11.0. The Kier molecular flexibility index (Phi) is 3.89. The van der Waals surface area contributed by atoms with Crippen molar-refractivity contribution in [2.75, 3.05) is 18.5 Å². The Hall–Kier alpha value is -3.02. The van der Waals surface area contributed by atoms with E-state index in [2.05, 4.69) is 5.32 Å². The van der Waals surface area contributed by atoms with Crippen molar-refractivity contribution in [1.29, 1.82) is 0 Å². The second-order valence-electron chi connectivity index (χ2n) is 5.21. The van der Waals surface area contributed by atoms with Crippen LogP contribution in [0, 0.1) is 6.92 Å². The van der Waals surface area contributed by atoms with E-state index in [0.29, 0.717) is 41.5 Å². The Bertz CT molecular complexity index is 769. The van der Waals surface area contributed by atoms with Gasteiger partial charge in [0.2, 0.25) is 5.91 Å². The molecule has 1 aliphatic rings. The summed E-state index contributed by atoms with van der Waals surface area (Å²) in [7, 11) is 0. The van der Waals surface area contributed by atoms with E-state index in [-0.39, 0.29) is 5.91 Å². The number of benzene rings is 2. The Balaban J connectivity index is 1.81. The highest BCUT2D eigenvalue weighted by Gasteiger charge is 2.18. The fourth-order valence-corrected chi connectivity index (χ4v) is 2.35. The zero-order chi connectivity index (χ0) is 16.4. The molecule has 1 heterocycles. The molecule has 3 rings (SSSR count). The van der Waals surface area contributed by atoms with Gasteiger partial charge >= 0.3 is 0 Å². The lowest BCUT2D eigenvalue weighted by atomic mass is 10.1. The minimum absolute atomic E-state index is 0.258. The van der Waals surface area contributed by atoms with Crippen LogP contribution in [0.1, 0.15) is 26.3 Å². The average Bonchev–Trinajstić information content (AvgIpc) is 2.54. The third-order valence-electron chi connectivity index (χ3n) is 3.56. The van der Waals surface area contributed by atoms with E-state index in [1.54, 1.807) is 36.4 Å². The molecule has 0 aromatic heterocycles. The van der Waals surface area contributed by atoms with Crippen LogP contribution in [0.25, 0.3) is 0 Å². The first-order valence-corrected chi connectivity index (χ1v) is 7.16. The molecule has 0 fully saturated rings. The summed E-state index contributed by atoms with van der Waals surface area (Å²) in [6.07, 6.45) is 0. The van der Waals surface area contributed by atoms with Crippen molar-refractivity contribution in [2.24, 2.45) is 5.73 Å². The van der Waals surface area contributed by atoms with Crippen LogP contribution < -0.4 is 20.5 Å². The molecule has 23 heavy (non-hydrogen) atoms. The highest BCUT2D eigenvalue weighted by atomic mass is 16.6. The highest BCUT2D eigenvalue weighted by molar-refractivity contribution is 6.06. The first-order valence-electron chi connectivity index (χ1n) is 7.16. The number of aryl methyl sites for hydroxylation is 1. The summed E-state index contributed by atoms with van der Waals surface area (Å²) in [5.74, 6) is 0.448. The molecular weight excluding hydrogens is 296 g/mol. The van der Waals surface area contributed by atoms with E-state index < -0.39 is 5.91 Å². The second-order valence-corrected chi connectivity index (χ2v) is 5.21. The smallest absolute Gasteiger partial charge is 0.256 e. The molecule has 0 unspecified atom stereocenters. The third kappa shape index (κ3) is 3.11. The SMILES string of the molecule is Cc1cc2c(cc1C(=O)Nc1ccc(C(N)=O)cc1)OCCO2. The summed E-state index contributed by atoms with van der Waals surface area (Å²) in [4.78, 5) is 23.5. The first-order chi connectivity index (χ1) is 11.0. The minimum Gasteiger partial charge on any atom is -0.486 e. The summed E-state index contributed by atoms with van der Waals surface area (Å²) in [5, 5.41) is 2.78. The molecule has 1 aliphatic heterocycles. The Morgan fingerprint density at radius 2 is 1.65 bits per heavy atom. The number of carbonyl (C=O) groups is 2. The number of ether oxygens (including phenoxy) is 2. The van der Waals surface area contributed by atoms with Gasteiger partial charge in [0, 0.05) is 16.8 Å². The minimum atomic E-state index is -0.509. The number of carbonyl (C=O) groups excluding carboxylic acids is 2. The lowest BCUT2D eigenvalue weighted by Gasteiger charge is -2.20. The molecule has 6 nitrogen and oxygen atoms in total. The molecule has 0 bridgehead atoms. The third-order valence-corrected chi connectivity index (χ3v) is 3.56. The summed E-state index contributed by atoms with van der Waals surface area (Å²) in [6, 6.07) is 9.86. The van der Waals surface area contributed by atoms with Crippen LogP contribution in [0.2, 0.25) is 0 Å². The monoisotopic (exact) mass is 312 g/mol. The largest absolute Gasteiger partial charge is 0.486 e. The predicted octanol–water partition coefficient (Wildman–Crippen LogP) is 2.12. The maximum absolute atomic E-state index is 12.4. The Morgan fingerprint density at radius 3 is 2.26 bits per heavy atom. The summed E-state index contributed by atoms with van der Waals surface area (Å²) in [5.41, 5.74) is 7.45. The van der Waals surface area contributed by atoms with Crippen molar-refractivity contribution in [2.45, 2.75) is 6.92 Å². The van der Waals surface area contributed by atoms with Gasteiger partial charge in [-0.2, -0.15) is 0 Å². The molecule has 2 amide bonds.